The Balaban J connectivity index is 1.75. The number of aromatic nitrogens is 2. The lowest BCUT2D eigenvalue weighted by Crippen LogP contribution is -2.35. The van der Waals surface area contributed by atoms with Crippen LogP contribution in [0.1, 0.15) is 24.9 Å². The molecule has 0 saturated carbocycles. The van der Waals surface area contributed by atoms with Crippen molar-refractivity contribution >= 4 is 27.3 Å². The van der Waals surface area contributed by atoms with Crippen molar-refractivity contribution in [2.75, 3.05) is 0 Å². The molecule has 2 heterocycles. The Morgan fingerprint density at radius 1 is 1.30 bits per heavy atom. The predicted octanol–water partition coefficient (Wildman–Crippen LogP) is 2.73. The fourth-order valence-corrected chi connectivity index (χ4v) is 3.25. The molecule has 1 aromatic carbocycles. The zero-order valence-corrected chi connectivity index (χ0v) is 13.5. The second-order valence-electron chi connectivity index (χ2n) is 5.24. The normalized spacial score (nSPS) is 12.2. The molecule has 0 saturated heterocycles. The van der Waals surface area contributed by atoms with Gasteiger partial charge in [-0.05, 0) is 23.4 Å². The van der Waals surface area contributed by atoms with Crippen LogP contribution in [0.2, 0.25) is 0 Å². The number of carbonyl (C=O) groups is 1. The van der Waals surface area contributed by atoms with Crippen LogP contribution in [0.15, 0.2) is 52.8 Å². The van der Waals surface area contributed by atoms with Crippen LogP contribution in [0.5, 0.6) is 0 Å². The molecule has 23 heavy (non-hydrogen) atoms. The van der Waals surface area contributed by atoms with Gasteiger partial charge >= 0.3 is 0 Å². The number of carbonyl (C=O) groups excluding carboxylic acids is 1. The summed E-state index contributed by atoms with van der Waals surface area (Å²) in [5, 5.41) is 9.50. The minimum atomic E-state index is -0.230. The predicted molar refractivity (Wildman–Crippen MR) is 91.5 cm³/mol. The lowest BCUT2D eigenvalue weighted by molar-refractivity contribution is -0.122. The molecule has 6 heteroatoms. The molecular weight excluding hydrogens is 310 g/mol. The largest absolute Gasteiger partial charge is 0.348 e. The molecule has 0 fully saturated rings. The van der Waals surface area contributed by atoms with E-state index in [1.807, 2.05) is 42.6 Å². The third kappa shape index (κ3) is 3.32. The molecule has 0 aliphatic carbocycles. The average molecular weight is 327 g/mol. The molecule has 2 aromatic heterocycles. The summed E-state index contributed by atoms with van der Waals surface area (Å²) in [6.45, 7) is 1.94. The summed E-state index contributed by atoms with van der Waals surface area (Å²) in [5.74, 6) is -0.218. The van der Waals surface area contributed by atoms with Gasteiger partial charge in [0, 0.05) is 0 Å². The monoisotopic (exact) mass is 327 g/mol. The summed E-state index contributed by atoms with van der Waals surface area (Å²) in [6.07, 6.45) is 2.41. The van der Waals surface area contributed by atoms with E-state index < -0.39 is 0 Å². The van der Waals surface area contributed by atoms with Crippen LogP contribution in [0.25, 0.3) is 10.1 Å². The molecule has 3 aromatic rings. The van der Waals surface area contributed by atoms with E-state index in [1.54, 1.807) is 12.3 Å². The highest BCUT2D eigenvalue weighted by Gasteiger charge is 2.14. The number of rotatable bonds is 5. The highest BCUT2D eigenvalue weighted by atomic mass is 32.1. The van der Waals surface area contributed by atoms with Gasteiger partial charge in [0.2, 0.25) is 5.91 Å². The van der Waals surface area contributed by atoms with Crippen LogP contribution in [0.3, 0.4) is 0 Å². The van der Waals surface area contributed by atoms with Crippen molar-refractivity contribution < 1.29 is 4.79 Å². The second kappa shape index (κ2) is 6.75. The standard InChI is InChI=1S/C17H17N3O2S/c1-2-14(12-6-4-3-5-7-12)19-16(21)11-20-17(22)13-8-9-23-15(13)10-18-20/h3-10,14H,2,11H2,1H3,(H,19,21). The van der Waals surface area contributed by atoms with Crippen LogP contribution >= 0.6 is 11.3 Å². The number of amides is 1. The van der Waals surface area contributed by atoms with E-state index in [9.17, 15) is 9.59 Å². The van der Waals surface area contributed by atoms with Crippen molar-refractivity contribution in [3.63, 3.8) is 0 Å². The maximum absolute atomic E-state index is 12.3. The molecule has 5 nitrogen and oxygen atoms in total. The summed E-state index contributed by atoms with van der Waals surface area (Å²) in [5.41, 5.74) is 0.823. The molecule has 0 aliphatic rings. The van der Waals surface area contributed by atoms with E-state index in [1.165, 1.54) is 16.0 Å². The Bertz CT molecular complexity index is 870. The first kappa shape index (κ1) is 15.4. The molecular formula is C17H17N3O2S. The summed E-state index contributed by atoms with van der Waals surface area (Å²) < 4.78 is 2.05. The minimum Gasteiger partial charge on any atom is -0.348 e. The molecule has 0 bridgehead atoms. The van der Waals surface area contributed by atoms with Crippen molar-refractivity contribution in [1.29, 1.82) is 0 Å². The van der Waals surface area contributed by atoms with Crippen molar-refractivity contribution in [3.05, 3.63) is 63.9 Å². The first-order chi connectivity index (χ1) is 11.2. The minimum absolute atomic E-state index is 0.0655. The fraction of sp³-hybridized carbons (Fsp3) is 0.235. The smallest absolute Gasteiger partial charge is 0.275 e. The van der Waals surface area contributed by atoms with Crippen LogP contribution in [0.4, 0.5) is 0 Å². The number of fused-ring (bicyclic) bond motifs is 1. The third-order valence-corrected chi connectivity index (χ3v) is 4.56. The zero-order valence-electron chi connectivity index (χ0n) is 12.7. The maximum Gasteiger partial charge on any atom is 0.275 e. The van der Waals surface area contributed by atoms with Crippen molar-refractivity contribution in [1.82, 2.24) is 15.1 Å². The van der Waals surface area contributed by atoms with Gasteiger partial charge < -0.3 is 5.32 Å². The lowest BCUT2D eigenvalue weighted by atomic mass is 10.0. The average Bonchev–Trinajstić information content (AvgIpc) is 3.05. The van der Waals surface area contributed by atoms with Gasteiger partial charge in [-0.1, -0.05) is 37.3 Å². The molecule has 0 radical (unpaired) electrons. The summed E-state index contributed by atoms with van der Waals surface area (Å²) >= 11 is 1.46. The van der Waals surface area contributed by atoms with Crippen LogP contribution < -0.4 is 10.9 Å². The molecule has 1 atom stereocenters. The molecule has 0 aliphatic heterocycles. The van der Waals surface area contributed by atoms with Crippen LogP contribution in [-0.4, -0.2) is 15.7 Å². The summed E-state index contributed by atoms with van der Waals surface area (Å²) in [4.78, 5) is 24.6. The Hall–Kier alpha value is -2.47. The number of thiophene rings is 1. The zero-order chi connectivity index (χ0) is 16.2. The first-order valence-corrected chi connectivity index (χ1v) is 8.34. The maximum atomic E-state index is 12.3. The van der Waals surface area contributed by atoms with Gasteiger partial charge in [-0.15, -0.1) is 11.3 Å². The van der Waals surface area contributed by atoms with E-state index in [2.05, 4.69) is 10.4 Å². The number of hydrogen-bond acceptors (Lipinski definition) is 4. The van der Waals surface area contributed by atoms with E-state index in [-0.39, 0.29) is 24.1 Å². The SMILES string of the molecule is CCC(NC(=O)Cn1ncc2sccc2c1=O)c1ccccc1. The first-order valence-electron chi connectivity index (χ1n) is 7.46. The van der Waals surface area contributed by atoms with Gasteiger partial charge in [0.15, 0.2) is 0 Å². The quantitative estimate of drug-likeness (QED) is 0.784. The molecule has 1 N–H and O–H groups in total. The van der Waals surface area contributed by atoms with E-state index in [0.717, 1.165) is 16.7 Å². The van der Waals surface area contributed by atoms with Gasteiger partial charge in [0.25, 0.3) is 5.56 Å². The highest BCUT2D eigenvalue weighted by Crippen LogP contribution is 2.16. The van der Waals surface area contributed by atoms with Crippen molar-refractivity contribution in [2.45, 2.75) is 25.9 Å². The Morgan fingerprint density at radius 2 is 2.09 bits per heavy atom. The van der Waals surface area contributed by atoms with Gasteiger partial charge in [-0.2, -0.15) is 5.10 Å². The number of benzene rings is 1. The Labute approximate surface area is 137 Å². The van der Waals surface area contributed by atoms with Gasteiger partial charge in [-0.3, -0.25) is 9.59 Å². The van der Waals surface area contributed by atoms with Crippen LogP contribution in [-0.2, 0) is 11.3 Å². The van der Waals surface area contributed by atoms with Gasteiger partial charge in [-0.25, -0.2) is 4.68 Å². The third-order valence-electron chi connectivity index (χ3n) is 3.71. The van der Waals surface area contributed by atoms with E-state index in [4.69, 9.17) is 0 Å². The Kier molecular flexibility index (Phi) is 4.52. The molecule has 3 rings (SSSR count). The van der Waals surface area contributed by atoms with Crippen molar-refractivity contribution in [3.8, 4) is 0 Å². The summed E-state index contributed by atoms with van der Waals surface area (Å²) in [7, 11) is 0. The number of hydrogen-bond donors (Lipinski definition) is 1. The number of nitrogens with zero attached hydrogens (tertiary/aromatic N) is 2. The molecule has 1 unspecified atom stereocenters. The van der Waals surface area contributed by atoms with E-state index in [0.29, 0.717) is 5.39 Å². The van der Waals surface area contributed by atoms with Gasteiger partial charge in [0.1, 0.15) is 6.54 Å². The van der Waals surface area contributed by atoms with Crippen LogP contribution in [0, 0.1) is 0 Å². The van der Waals surface area contributed by atoms with Crippen molar-refractivity contribution in [2.24, 2.45) is 0 Å². The highest BCUT2D eigenvalue weighted by molar-refractivity contribution is 7.17. The molecule has 118 valence electrons. The number of nitrogens with one attached hydrogen (secondary N) is 1. The lowest BCUT2D eigenvalue weighted by Gasteiger charge is -2.17. The fourth-order valence-electron chi connectivity index (χ4n) is 2.51. The van der Waals surface area contributed by atoms with Gasteiger partial charge in [0.05, 0.1) is 22.3 Å². The Morgan fingerprint density at radius 3 is 2.83 bits per heavy atom. The summed E-state index contributed by atoms with van der Waals surface area (Å²) in [6, 6.07) is 11.5. The second-order valence-corrected chi connectivity index (χ2v) is 6.19. The topological polar surface area (TPSA) is 64.0 Å². The van der Waals surface area contributed by atoms with E-state index >= 15 is 0 Å². The molecule has 0 spiro atoms. The molecule has 1 amide bonds.